The fourth-order valence-corrected chi connectivity index (χ4v) is 4.35. The molecule has 3 aromatic rings. The van der Waals surface area contributed by atoms with Gasteiger partial charge >= 0.3 is 6.01 Å². The predicted octanol–water partition coefficient (Wildman–Crippen LogP) is 2.25. The van der Waals surface area contributed by atoms with E-state index >= 15 is 0 Å². The topological polar surface area (TPSA) is 79.5 Å². The van der Waals surface area contributed by atoms with Gasteiger partial charge in [-0.05, 0) is 24.3 Å². The number of benzene rings is 2. The first kappa shape index (κ1) is 16.7. The van der Waals surface area contributed by atoms with Crippen LogP contribution in [-0.2, 0) is 10.0 Å². The molecule has 2 heterocycles. The highest BCUT2D eigenvalue weighted by Crippen LogP contribution is 2.24. The van der Waals surface area contributed by atoms with E-state index in [1.165, 1.54) is 4.31 Å². The smallest absolute Gasteiger partial charge is 0.318 e. The molecule has 0 radical (unpaired) electrons. The molecule has 4 rings (SSSR count). The van der Waals surface area contributed by atoms with Crippen molar-refractivity contribution < 1.29 is 12.8 Å². The fourth-order valence-electron chi connectivity index (χ4n) is 2.90. The molecule has 2 aromatic carbocycles. The van der Waals surface area contributed by atoms with Crippen LogP contribution in [0.3, 0.4) is 0 Å². The number of sulfonamides is 1. The third-order valence-corrected chi connectivity index (χ3v) is 6.24. The number of hydrogen-bond donors (Lipinski definition) is 0. The largest absolute Gasteiger partial charge is 0.403 e. The van der Waals surface area contributed by atoms with Crippen LogP contribution >= 0.6 is 0 Å². The summed E-state index contributed by atoms with van der Waals surface area (Å²) < 4.78 is 32.6. The molecule has 1 saturated heterocycles. The zero-order chi connectivity index (χ0) is 18.0. The van der Waals surface area contributed by atoms with Crippen LogP contribution in [0.25, 0.3) is 11.5 Å². The summed E-state index contributed by atoms with van der Waals surface area (Å²) in [5, 5.41) is 8.19. The second-order valence-electron chi connectivity index (χ2n) is 5.96. The van der Waals surface area contributed by atoms with Crippen LogP contribution in [0.2, 0.25) is 0 Å². The Bertz CT molecular complexity index is 966. The zero-order valence-electron chi connectivity index (χ0n) is 14.0. The average molecular weight is 370 g/mol. The van der Waals surface area contributed by atoms with Gasteiger partial charge in [0.1, 0.15) is 0 Å². The van der Waals surface area contributed by atoms with Crippen molar-refractivity contribution in [2.75, 3.05) is 31.1 Å². The van der Waals surface area contributed by atoms with E-state index < -0.39 is 10.0 Å². The van der Waals surface area contributed by atoms with Crippen molar-refractivity contribution in [3.05, 3.63) is 60.7 Å². The maximum Gasteiger partial charge on any atom is 0.318 e. The fraction of sp³-hybridized carbons (Fsp3) is 0.222. The average Bonchev–Trinajstić information content (AvgIpc) is 3.20. The van der Waals surface area contributed by atoms with Gasteiger partial charge in [-0.3, -0.25) is 0 Å². The number of aromatic nitrogens is 2. The molecule has 8 heteroatoms. The Morgan fingerprint density at radius 3 is 2.08 bits per heavy atom. The first-order valence-corrected chi connectivity index (χ1v) is 9.78. The summed E-state index contributed by atoms with van der Waals surface area (Å²) >= 11 is 0. The summed E-state index contributed by atoms with van der Waals surface area (Å²) in [6.07, 6.45) is 0. The number of piperazine rings is 1. The Hall–Kier alpha value is -2.71. The molecule has 0 unspecified atom stereocenters. The van der Waals surface area contributed by atoms with Crippen molar-refractivity contribution in [1.29, 1.82) is 0 Å². The van der Waals surface area contributed by atoms with E-state index in [0.29, 0.717) is 43.0 Å². The molecule has 0 spiro atoms. The Morgan fingerprint density at radius 1 is 0.808 bits per heavy atom. The van der Waals surface area contributed by atoms with Crippen molar-refractivity contribution >= 4 is 16.0 Å². The molecular weight excluding hydrogens is 352 g/mol. The summed E-state index contributed by atoms with van der Waals surface area (Å²) in [5.74, 6) is 0.458. The quantitative estimate of drug-likeness (QED) is 0.701. The summed E-state index contributed by atoms with van der Waals surface area (Å²) in [4.78, 5) is 2.23. The van der Waals surface area contributed by atoms with Gasteiger partial charge in [0, 0.05) is 31.7 Å². The van der Waals surface area contributed by atoms with E-state index in [1.807, 2.05) is 35.2 Å². The van der Waals surface area contributed by atoms with Gasteiger partial charge in [0.25, 0.3) is 0 Å². The van der Waals surface area contributed by atoms with Gasteiger partial charge in [-0.15, -0.1) is 5.10 Å². The second-order valence-corrected chi connectivity index (χ2v) is 7.90. The normalized spacial score (nSPS) is 15.9. The van der Waals surface area contributed by atoms with Crippen molar-refractivity contribution in [3.63, 3.8) is 0 Å². The molecule has 1 aliphatic heterocycles. The highest BCUT2D eigenvalue weighted by atomic mass is 32.2. The van der Waals surface area contributed by atoms with E-state index in [0.717, 1.165) is 5.56 Å². The predicted molar refractivity (Wildman–Crippen MR) is 97.1 cm³/mol. The third-order valence-electron chi connectivity index (χ3n) is 4.33. The Labute approximate surface area is 151 Å². The van der Waals surface area contributed by atoms with E-state index in [4.69, 9.17) is 4.42 Å². The van der Waals surface area contributed by atoms with E-state index in [9.17, 15) is 8.42 Å². The summed E-state index contributed by atoms with van der Waals surface area (Å²) in [6.45, 7) is 1.76. The minimum atomic E-state index is -3.47. The van der Waals surface area contributed by atoms with Crippen LogP contribution in [0, 0.1) is 0 Å². The first-order chi connectivity index (χ1) is 12.6. The molecule has 1 aromatic heterocycles. The SMILES string of the molecule is O=S(=O)(c1ccccc1)N1CCN(c2nnc(-c3ccccc3)o2)CC1. The molecule has 0 amide bonds. The monoisotopic (exact) mass is 370 g/mol. The molecule has 0 saturated carbocycles. The van der Waals surface area contributed by atoms with Gasteiger partial charge in [-0.25, -0.2) is 8.42 Å². The van der Waals surface area contributed by atoms with E-state index in [1.54, 1.807) is 30.3 Å². The first-order valence-electron chi connectivity index (χ1n) is 8.34. The highest BCUT2D eigenvalue weighted by molar-refractivity contribution is 7.89. The Kier molecular flexibility index (Phi) is 4.44. The van der Waals surface area contributed by atoms with Crippen molar-refractivity contribution in [1.82, 2.24) is 14.5 Å². The Morgan fingerprint density at radius 2 is 1.42 bits per heavy atom. The molecule has 7 nitrogen and oxygen atoms in total. The van der Waals surface area contributed by atoms with Crippen molar-refractivity contribution in [2.24, 2.45) is 0 Å². The summed E-state index contributed by atoms with van der Waals surface area (Å²) in [7, 11) is -3.47. The number of rotatable bonds is 4. The van der Waals surface area contributed by atoms with Gasteiger partial charge in [0.05, 0.1) is 4.90 Å². The van der Waals surface area contributed by atoms with Crippen LogP contribution in [0.4, 0.5) is 6.01 Å². The lowest BCUT2D eigenvalue weighted by Gasteiger charge is -2.32. The molecule has 1 aliphatic rings. The maximum absolute atomic E-state index is 12.7. The van der Waals surface area contributed by atoms with Crippen LogP contribution in [0.15, 0.2) is 70.0 Å². The molecule has 0 atom stereocenters. The minimum Gasteiger partial charge on any atom is -0.403 e. The van der Waals surface area contributed by atoms with E-state index in [-0.39, 0.29) is 0 Å². The third kappa shape index (κ3) is 3.21. The Balaban J connectivity index is 1.45. The number of anilines is 1. The van der Waals surface area contributed by atoms with Gasteiger partial charge < -0.3 is 9.32 Å². The molecule has 1 fully saturated rings. The van der Waals surface area contributed by atoms with Crippen molar-refractivity contribution in [2.45, 2.75) is 4.90 Å². The molecule has 26 heavy (non-hydrogen) atoms. The molecular formula is C18H18N4O3S. The number of nitrogens with zero attached hydrogens (tertiary/aromatic N) is 4. The van der Waals surface area contributed by atoms with Gasteiger partial charge in [-0.1, -0.05) is 41.5 Å². The molecule has 0 bridgehead atoms. The lowest BCUT2D eigenvalue weighted by Crippen LogP contribution is -2.48. The maximum atomic E-state index is 12.7. The van der Waals surface area contributed by atoms with E-state index in [2.05, 4.69) is 10.2 Å². The van der Waals surface area contributed by atoms with Crippen LogP contribution in [0.1, 0.15) is 0 Å². The summed E-state index contributed by atoms with van der Waals surface area (Å²) in [5.41, 5.74) is 0.858. The summed E-state index contributed by atoms with van der Waals surface area (Å²) in [6, 6.07) is 18.5. The molecule has 0 N–H and O–H groups in total. The van der Waals surface area contributed by atoms with Crippen LogP contribution < -0.4 is 4.90 Å². The van der Waals surface area contributed by atoms with Crippen molar-refractivity contribution in [3.8, 4) is 11.5 Å². The van der Waals surface area contributed by atoms with Gasteiger partial charge in [0.15, 0.2) is 0 Å². The lowest BCUT2D eigenvalue weighted by atomic mass is 10.2. The van der Waals surface area contributed by atoms with Gasteiger partial charge in [-0.2, -0.15) is 4.31 Å². The van der Waals surface area contributed by atoms with Gasteiger partial charge in [0.2, 0.25) is 15.9 Å². The standard InChI is InChI=1S/C18H18N4O3S/c23-26(24,16-9-5-2-6-10-16)22-13-11-21(12-14-22)18-20-19-17(25-18)15-7-3-1-4-8-15/h1-10H,11-14H2. The van der Waals surface area contributed by atoms with Crippen LogP contribution in [-0.4, -0.2) is 49.1 Å². The molecule has 134 valence electrons. The number of hydrogen-bond acceptors (Lipinski definition) is 6. The minimum absolute atomic E-state index is 0.317. The molecule has 0 aliphatic carbocycles. The highest BCUT2D eigenvalue weighted by Gasteiger charge is 2.30. The zero-order valence-corrected chi connectivity index (χ0v) is 14.8. The second kappa shape index (κ2) is 6.89. The lowest BCUT2D eigenvalue weighted by molar-refractivity contribution is 0.372. The van der Waals surface area contributed by atoms with Crippen LogP contribution in [0.5, 0.6) is 0 Å².